The zero-order valence-electron chi connectivity index (χ0n) is 13.7. The van der Waals surface area contributed by atoms with Crippen LogP contribution in [0, 0.1) is 15.9 Å². The van der Waals surface area contributed by atoms with Crippen LogP contribution >= 0.6 is 0 Å². The van der Waals surface area contributed by atoms with Crippen molar-refractivity contribution in [1.82, 2.24) is 0 Å². The number of hydrogen-bond donors (Lipinski definition) is 0. The predicted octanol–water partition coefficient (Wildman–Crippen LogP) is 3.00. The zero-order valence-corrected chi connectivity index (χ0v) is 13.7. The number of nitro benzene ring substituents is 1. The highest BCUT2D eigenvalue weighted by molar-refractivity contribution is 5.95. The van der Waals surface area contributed by atoms with Crippen molar-refractivity contribution < 1.29 is 33.1 Å². The van der Waals surface area contributed by atoms with Crippen molar-refractivity contribution in [1.29, 1.82) is 0 Å². The van der Waals surface area contributed by atoms with Gasteiger partial charge in [0.05, 0.1) is 22.1 Å². The molecule has 5 rings (SSSR count). The highest BCUT2D eigenvalue weighted by atomic mass is 19.1. The lowest BCUT2D eigenvalue weighted by molar-refractivity contribution is -0.393. The number of nitro groups is 1. The maximum Gasteiger partial charge on any atom is 0.349 e. The minimum atomic E-state index is -1.81. The fourth-order valence-corrected chi connectivity index (χ4v) is 3.52. The molecule has 27 heavy (non-hydrogen) atoms. The van der Waals surface area contributed by atoms with Crippen molar-refractivity contribution in [3.05, 3.63) is 75.3 Å². The Kier molecular flexibility index (Phi) is 2.82. The fourth-order valence-electron chi connectivity index (χ4n) is 3.52. The Hall–Kier alpha value is -3.46. The first-order valence-electron chi connectivity index (χ1n) is 7.92. The molecule has 0 amide bonds. The summed E-state index contributed by atoms with van der Waals surface area (Å²) in [5, 5.41) is 11.5. The van der Waals surface area contributed by atoms with E-state index in [-0.39, 0.29) is 22.6 Å². The molecule has 0 radical (unpaired) electrons. The number of carbonyl (C=O) groups is 1. The van der Waals surface area contributed by atoms with E-state index in [2.05, 4.69) is 0 Å². The van der Waals surface area contributed by atoms with Gasteiger partial charge in [0.15, 0.2) is 0 Å². The molecule has 0 N–H and O–H groups in total. The third kappa shape index (κ3) is 1.91. The lowest BCUT2D eigenvalue weighted by Gasteiger charge is -2.50. The maximum absolute atomic E-state index is 14.0. The van der Waals surface area contributed by atoms with Gasteiger partial charge in [0.2, 0.25) is 11.5 Å². The number of ether oxygens (including phenoxy) is 4. The van der Waals surface area contributed by atoms with Gasteiger partial charge < -0.3 is 14.2 Å². The Labute approximate surface area is 150 Å². The smallest absolute Gasteiger partial charge is 0.349 e. The molecule has 2 atom stereocenters. The van der Waals surface area contributed by atoms with Gasteiger partial charge in [-0.25, -0.2) is 9.18 Å². The number of carbonyl (C=O) groups excluding carboxylic acids is 1. The molecule has 1 spiro atoms. The van der Waals surface area contributed by atoms with E-state index in [9.17, 15) is 19.3 Å². The number of fused-ring (bicyclic) bond motifs is 4. The normalized spacial score (nSPS) is 27.0. The van der Waals surface area contributed by atoms with Crippen LogP contribution in [0.4, 0.5) is 10.1 Å². The largest absolute Gasteiger partial charge is 0.465 e. The second kappa shape index (κ2) is 4.83. The molecule has 0 aromatic heterocycles. The number of halogens is 1. The van der Waals surface area contributed by atoms with E-state index in [0.717, 1.165) is 18.4 Å². The molecule has 2 aromatic carbocycles. The van der Waals surface area contributed by atoms with Crippen LogP contribution < -0.4 is 9.47 Å². The van der Waals surface area contributed by atoms with Gasteiger partial charge in [0, 0.05) is 6.92 Å². The van der Waals surface area contributed by atoms with Crippen LogP contribution in [0.5, 0.6) is 11.5 Å². The summed E-state index contributed by atoms with van der Waals surface area (Å²) in [5.74, 6) is -5.08. The second-order valence-corrected chi connectivity index (χ2v) is 6.36. The molecule has 8 nitrogen and oxygen atoms in total. The van der Waals surface area contributed by atoms with Gasteiger partial charge in [-0.3, -0.25) is 14.9 Å². The maximum atomic E-state index is 14.0. The van der Waals surface area contributed by atoms with Crippen molar-refractivity contribution in [2.24, 2.45) is 0 Å². The third-order valence-electron chi connectivity index (χ3n) is 4.72. The van der Waals surface area contributed by atoms with Crippen LogP contribution in [0.1, 0.15) is 18.1 Å². The molecule has 0 aliphatic carbocycles. The summed E-state index contributed by atoms with van der Waals surface area (Å²) in [6.45, 7) is 1.47. The van der Waals surface area contributed by atoms with Crippen molar-refractivity contribution in [3.8, 4) is 11.5 Å². The van der Waals surface area contributed by atoms with Crippen molar-refractivity contribution in [3.63, 3.8) is 0 Å². The van der Waals surface area contributed by atoms with E-state index in [4.69, 9.17) is 18.9 Å². The predicted molar refractivity (Wildman–Crippen MR) is 85.0 cm³/mol. The molecule has 136 valence electrons. The van der Waals surface area contributed by atoms with Crippen molar-refractivity contribution in [2.75, 3.05) is 0 Å². The number of para-hydroxylation sites is 1. The van der Waals surface area contributed by atoms with E-state index < -0.39 is 34.0 Å². The lowest BCUT2D eigenvalue weighted by atomic mass is 9.89. The number of benzene rings is 2. The summed E-state index contributed by atoms with van der Waals surface area (Å²) >= 11 is 0. The van der Waals surface area contributed by atoms with E-state index in [1.807, 2.05) is 0 Å². The molecule has 2 aromatic rings. The fraction of sp³-hybridized carbons (Fsp3) is 0.167. The van der Waals surface area contributed by atoms with Crippen molar-refractivity contribution in [2.45, 2.75) is 18.5 Å². The van der Waals surface area contributed by atoms with Crippen LogP contribution in [0.2, 0.25) is 0 Å². The van der Waals surface area contributed by atoms with Gasteiger partial charge in [-0.15, -0.1) is 0 Å². The summed E-state index contributed by atoms with van der Waals surface area (Å²) in [4.78, 5) is 23.2. The van der Waals surface area contributed by atoms with Gasteiger partial charge >= 0.3 is 11.7 Å². The second-order valence-electron chi connectivity index (χ2n) is 6.36. The summed E-state index contributed by atoms with van der Waals surface area (Å²) in [7, 11) is 0. The molecule has 2 unspecified atom stereocenters. The van der Waals surface area contributed by atoms with Gasteiger partial charge in [0.1, 0.15) is 23.4 Å². The lowest BCUT2D eigenvalue weighted by Crippen LogP contribution is -2.56. The van der Waals surface area contributed by atoms with Crippen LogP contribution in [-0.2, 0) is 25.8 Å². The molecule has 9 heteroatoms. The van der Waals surface area contributed by atoms with E-state index in [0.29, 0.717) is 5.56 Å². The minimum absolute atomic E-state index is 0.00606. The van der Waals surface area contributed by atoms with Crippen LogP contribution in [0.15, 0.2) is 48.2 Å². The molecule has 2 bridgehead atoms. The van der Waals surface area contributed by atoms with Gasteiger partial charge in [-0.2, -0.15) is 0 Å². The van der Waals surface area contributed by atoms with E-state index in [1.54, 1.807) is 24.3 Å². The SMILES string of the molecule is CC12OC=C3C(=O)Oc4ccccc4C3(Oc3c([N+](=O)[O-])cc(F)cc31)O2. The Balaban J connectivity index is 1.84. The van der Waals surface area contributed by atoms with Gasteiger partial charge in [-0.1, -0.05) is 12.1 Å². The summed E-state index contributed by atoms with van der Waals surface area (Å²) < 4.78 is 36.7. The Morgan fingerprint density at radius 2 is 1.96 bits per heavy atom. The molecule has 3 aliphatic rings. The standard InChI is InChI=1S/C18H10FNO7/c1-17-11-6-9(19)7-13(20(22)23)15(11)26-18(27-17)10-4-2-3-5-14(10)25-16(21)12(18)8-24-17/h2-8H,1H3. The summed E-state index contributed by atoms with van der Waals surface area (Å²) in [6.07, 6.45) is 1.13. The Morgan fingerprint density at radius 3 is 2.74 bits per heavy atom. The number of nitrogens with zero attached hydrogens (tertiary/aromatic N) is 1. The molecule has 0 saturated carbocycles. The summed E-state index contributed by atoms with van der Waals surface area (Å²) in [6, 6.07) is 8.29. The number of esters is 1. The highest BCUT2D eigenvalue weighted by Gasteiger charge is 2.62. The van der Waals surface area contributed by atoms with E-state index in [1.165, 1.54) is 6.92 Å². The first-order chi connectivity index (χ1) is 12.8. The van der Waals surface area contributed by atoms with Gasteiger partial charge in [0.25, 0.3) is 5.79 Å². The molecule has 0 fully saturated rings. The van der Waals surface area contributed by atoms with Crippen LogP contribution in [0.25, 0.3) is 0 Å². The molecule has 3 heterocycles. The zero-order chi connectivity index (χ0) is 19.0. The molecular formula is C18H10FNO7. The first kappa shape index (κ1) is 15.8. The Morgan fingerprint density at radius 1 is 1.19 bits per heavy atom. The van der Waals surface area contributed by atoms with Crippen LogP contribution in [-0.4, -0.2) is 10.9 Å². The summed E-state index contributed by atoms with van der Waals surface area (Å²) in [5.41, 5.74) is -0.357. The highest BCUT2D eigenvalue weighted by Crippen LogP contribution is 2.58. The third-order valence-corrected chi connectivity index (χ3v) is 4.72. The average molecular weight is 371 g/mol. The van der Waals surface area contributed by atoms with Crippen LogP contribution in [0.3, 0.4) is 0 Å². The number of rotatable bonds is 1. The molecule has 0 saturated heterocycles. The topological polar surface area (TPSA) is 97.1 Å². The average Bonchev–Trinajstić information content (AvgIpc) is 2.62. The monoisotopic (exact) mass is 371 g/mol. The number of hydrogen-bond acceptors (Lipinski definition) is 7. The quantitative estimate of drug-likeness (QED) is 0.329. The molecule has 3 aliphatic heterocycles. The molecular weight excluding hydrogens is 361 g/mol. The van der Waals surface area contributed by atoms with E-state index >= 15 is 0 Å². The van der Waals surface area contributed by atoms with Crippen molar-refractivity contribution >= 4 is 11.7 Å². The first-order valence-corrected chi connectivity index (χ1v) is 7.92. The minimum Gasteiger partial charge on any atom is -0.465 e. The van der Waals surface area contributed by atoms with Gasteiger partial charge in [-0.05, 0) is 18.2 Å². The Bertz CT molecular complexity index is 1080.